The van der Waals surface area contributed by atoms with Crippen LogP contribution in [0.15, 0.2) is 54.2 Å². The summed E-state index contributed by atoms with van der Waals surface area (Å²) >= 11 is 1.32. The fraction of sp³-hybridized carbons (Fsp3) is 0. The second-order valence-corrected chi connectivity index (χ2v) is 6.30. The zero-order valence-electron chi connectivity index (χ0n) is 13.3. The maximum Gasteiger partial charge on any atom is 0.353 e. The molecule has 0 amide bonds. The highest BCUT2D eigenvalue weighted by atomic mass is 32.1. The van der Waals surface area contributed by atoms with Crippen molar-refractivity contribution in [2.75, 3.05) is 11.1 Å². The summed E-state index contributed by atoms with van der Waals surface area (Å²) in [5, 5.41) is 18.7. The van der Waals surface area contributed by atoms with E-state index in [-0.39, 0.29) is 17.3 Å². The molecule has 0 aliphatic carbocycles. The minimum atomic E-state index is -0.616. The van der Waals surface area contributed by atoms with E-state index in [0.717, 1.165) is 22.0 Å². The van der Waals surface area contributed by atoms with Crippen LogP contribution in [0.1, 0.15) is 0 Å². The molecule has 128 valence electrons. The highest BCUT2D eigenvalue weighted by Gasteiger charge is 2.21. The van der Waals surface area contributed by atoms with E-state index < -0.39 is 4.92 Å². The van der Waals surface area contributed by atoms with Gasteiger partial charge in [0, 0.05) is 10.9 Å². The summed E-state index contributed by atoms with van der Waals surface area (Å²) < 4.78 is 0. The summed E-state index contributed by atoms with van der Waals surface area (Å²) in [6.07, 6.45) is 1.17. The van der Waals surface area contributed by atoms with Crippen molar-refractivity contribution in [3.63, 3.8) is 0 Å². The van der Waals surface area contributed by atoms with Crippen molar-refractivity contribution in [1.82, 2.24) is 15.0 Å². The van der Waals surface area contributed by atoms with Crippen LogP contribution in [0.5, 0.6) is 0 Å². The number of anilines is 3. The number of thiazole rings is 1. The standard InChI is InChI=1S/C17H12N6O2S/c18-15-14(23(24)25)16(20-9-19-15)22-17-21-13(8-26-17)12-6-5-10-3-1-2-4-11(10)7-12/h1-9H,(H3,18,19,20,21,22). The molecule has 2 aromatic carbocycles. The first-order valence-corrected chi connectivity index (χ1v) is 8.46. The zero-order valence-corrected chi connectivity index (χ0v) is 14.1. The lowest BCUT2D eigenvalue weighted by molar-refractivity contribution is -0.383. The minimum Gasteiger partial charge on any atom is -0.378 e. The second-order valence-electron chi connectivity index (χ2n) is 5.44. The Balaban J connectivity index is 1.66. The minimum absolute atomic E-state index is 0.0157. The molecule has 26 heavy (non-hydrogen) atoms. The third-order valence-electron chi connectivity index (χ3n) is 3.81. The number of nitrogens with two attached hydrogens (primary N) is 1. The Morgan fingerprint density at radius 1 is 1.12 bits per heavy atom. The molecule has 0 aliphatic heterocycles. The van der Waals surface area contributed by atoms with Gasteiger partial charge in [-0.3, -0.25) is 10.1 Å². The largest absolute Gasteiger partial charge is 0.378 e. The van der Waals surface area contributed by atoms with Crippen molar-refractivity contribution in [3.8, 4) is 11.3 Å². The summed E-state index contributed by atoms with van der Waals surface area (Å²) in [5.74, 6) is -0.180. The molecule has 0 saturated heterocycles. The van der Waals surface area contributed by atoms with Crippen LogP contribution in [-0.2, 0) is 0 Å². The van der Waals surface area contributed by atoms with Crippen LogP contribution in [0.4, 0.5) is 22.5 Å². The number of nitrogens with zero attached hydrogens (tertiary/aromatic N) is 4. The number of nitrogen functional groups attached to an aromatic ring is 1. The average Bonchev–Trinajstić information content (AvgIpc) is 3.09. The number of fused-ring (bicyclic) bond motifs is 1. The van der Waals surface area contributed by atoms with Gasteiger partial charge in [-0.05, 0) is 16.8 Å². The van der Waals surface area contributed by atoms with Crippen LogP contribution in [0.3, 0.4) is 0 Å². The van der Waals surface area contributed by atoms with Gasteiger partial charge in [-0.15, -0.1) is 11.3 Å². The van der Waals surface area contributed by atoms with E-state index in [1.807, 2.05) is 41.8 Å². The van der Waals surface area contributed by atoms with Gasteiger partial charge < -0.3 is 11.1 Å². The van der Waals surface area contributed by atoms with Crippen LogP contribution in [0.2, 0.25) is 0 Å². The summed E-state index contributed by atoms with van der Waals surface area (Å²) in [5.41, 5.74) is 6.94. The van der Waals surface area contributed by atoms with Gasteiger partial charge in [-0.25, -0.2) is 15.0 Å². The van der Waals surface area contributed by atoms with Gasteiger partial charge in [0.1, 0.15) is 6.33 Å². The Hall–Kier alpha value is -3.59. The molecule has 4 aromatic rings. The van der Waals surface area contributed by atoms with Gasteiger partial charge in [-0.2, -0.15) is 0 Å². The maximum absolute atomic E-state index is 11.2. The predicted molar refractivity (Wildman–Crippen MR) is 101 cm³/mol. The van der Waals surface area contributed by atoms with E-state index in [2.05, 4.69) is 26.3 Å². The van der Waals surface area contributed by atoms with Crippen LogP contribution in [-0.4, -0.2) is 19.9 Å². The summed E-state index contributed by atoms with van der Waals surface area (Å²) in [4.78, 5) is 22.6. The quantitative estimate of drug-likeness (QED) is 0.415. The van der Waals surface area contributed by atoms with Crippen molar-refractivity contribution in [3.05, 3.63) is 64.3 Å². The molecule has 8 nitrogen and oxygen atoms in total. The molecule has 9 heteroatoms. The predicted octanol–water partition coefficient (Wildman–Crippen LogP) is 3.99. The first-order valence-electron chi connectivity index (χ1n) is 7.58. The van der Waals surface area contributed by atoms with Crippen molar-refractivity contribution in [2.45, 2.75) is 0 Å². The smallest absolute Gasteiger partial charge is 0.353 e. The Morgan fingerprint density at radius 2 is 1.92 bits per heavy atom. The maximum atomic E-state index is 11.2. The van der Waals surface area contributed by atoms with Crippen molar-refractivity contribution in [1.29, 1.82) is 0 Å². The average molecular weight is 364 g/mol. The molecule has 0 spiro atoms. The fourth-order valence-corrected chi connectivity index (χ4v) is 3.30. The highest BCUT2D eigenvalue weighted by molar-refractivity contribution is 7.14. The lowest BCUT2D eigenvalue weighted by Crippen LogP contribution is -2.04. The molecule has 4 rings (SSSR count). The van der Waals surface area contributed by atoms with E-state index in [9.17, 15) is 10.1 Å². The van der Waals surface area contributed by atoms with Crippen LogP contribution in [0, 0.1) is 10.1 Å². The number of nitro groups is 1. The van der Waals surface area contributed by atoms with E-state index in [0.29, 0.717) is 5.13 Å². The van der Waals surface area contributed by atoms with E-state index in [1.54, 1.807) is 0 Å². The molecular weight excluding hydrogens is 352 g/mol. The Morgan fingerprint density at radius 3 is 2.73 bits per heavy atom. The van der Waals surface area contributed by atoms with Crippen molar-refractivity contribution < 1.29 is 4.92 Å². The number of aromatic nitrogens is 3. The van der Waals surface area contributed by atoms with Crippen LogP contribution in [0.25, 0.3) is 22.0 Å². The molecule has 2 heterocycles. The molecule has 0 unspecified atom stereocenters. The first kappa shape index (κ1) is 15.9. The molecule has 0 bridgehead atoms. The molecule has 0 fully saturated rings. The number of benzene rings is 2. The Bertz CT molecular complexity index is 1130. The van der Waals surface area contributed by atoms with Crippen molar-refractivity contribution in [2.24, 2.45) is 0 Å². The van der Waals surface area contributed by atoms with Gasteiger partial charge >= 0.3 is 5.69 Å². The molecule has 0 atom stereocenters. The first-order chi connectivity index (χ1) is 12.6. The lowest BCUT2D eigenvalue weighted by Gasteiger charge is -2.04. The fourth-order valence-electron chi connectivity index (χ4n) is 2.58. The van der Waals surface area contributed by atoms with Gasteiger partial charge in [0.15, 0.2) is 5.13 Å². The molecule has 0 radical (unpaired) electrons. The van der Waals surface area contributed by atoms with Gasteiger partial charge in [-0.1, -0.05) is 36.4 Å². The number of nitrogens with one attached hydrogen (secondary N) is 1. The van der Waals surface area contributed by atoms with Gasteiger partial charge in [0.25, 0.3) is 0 Å². The zero-order chi connectivity index (χ0) is 18.1. The normalized spacial score (nSPS) is 10.8. The molecule has 0 saturated carbocycles. The van der Waals surface area contributed by atoms with E-state index >= 15 is 0 Å². The number of hydrogen-bond acceptors (Lipinski definition) is 8. The van der Waals surface area contributed by atoms with Crippen LogP contribution < -0.4 is 11.1 Å². The summed E-state index contributed by atoms with van der Waals surface area (Å²) in [6.45, 7) is 0. The Labute approximate surface area is 151 Å². The molecule has 2 aromatic heterocycles. The van der Waals surface area contributed by atoms with E-state index in [4.69, 9.17) is 5.73 Å². The molecular formula is C17H12N6O2S. The number of hydrogen-bond donors (Lipinski definition) is 2. The SMILES string of the molecule is Nc1ncnc(Nc2nc(-c3ccc4ccccc4c3)cs2)c1[N+](=O)[O-]. The summed E-state index contributed by atoms with van der Waals surface area (Å²) in [7, 11) is 0. The monoisotopic (exact) mass is 364 g/mol. The topological polar surface area (TPSA) is 120 Å². The van der Waals surface area contributed by atoms with Gasteiger partial charge in [0.2, 0.25) is 11.6 Å². The highest BCUT2D eigenvalue weighted by Crippen LogP contribution is 2.32. The lowest BCUT2D eigenvalue weighted by atomic mass is 10.1. The second kappa shape index (κ2) is 6.37. The van der Waals surface area contributed by atoms with Crippen molar-refractivity contribution >= 4 is 44.6 Å². The molecule has 3 N–H and O–H groups in total. The number of rotatable bonds is 4. The van der Waals surface area contributed by atoms with E-state index in [1.165, 1.54) is 17.7 Å². The third kappa shape index (κ3) is 2.91. The Kier molecular flexibility index (Phi) is 3.90. The third-order valence-corrected chi connectivity index (χ3v) is 4.57. The van der Waals surface area contributed by atoms with Crippen LogP contribution >= 0.6 is 11.3 Å². The van der Waals surface area contributed by atoms with Gasteiger partial charge in [0.05, 0.1) is 10.6 Å². The summed E-state index contributed by atoms with van der Waals surface area (Å²) in [6, 6.07) is 14.1. The molecule has 0 aliphatic rings.